The number of guanidine groups is 1. The van der Waals surface area contributed by atoms with Gasteiger partial charge < -0.3 is 10.2 Å². The molecule has 6 nitrogen and oxygen atoms in total. The number of nitrogens with one attached hydrogen (secondary N) is 1. The van der Waals surface area contributed by atoms with E-state index >= 15 is 0 Å². The highest BCUT2D eigenvalue weighted by Gasteiger charge is 2.19. The van der Waals surface area contributed by atoms with Crippen molar-refractivity contribution in [1.29, 1.82) is 0 Å². The summed E-state index contributed by atoms with van der Waals surface area (Å²) in [6, 6.07) is 10.7. The Morgan fingerprint density at radius 2 is 1.82 bits per heavy atom. The molecular weight excluding hydrogens is 348 g/mol. The van der Waals surface area contributed by atoms with Gasteiger partial charge >= 0.3 is 0 Å². The largest absolute Gasteiger partial charge is 0.357 e. The SMILES string of the molecule is CCNC(=NCCc1c(C)nn(C)c1C)N1CCN(Cc2ccccc2)CC1. The van der Waals surface area contributed by atoms with Crippen molar-refractivity contribution < 1.29 is 0 Å². The number of aliphatic imine (C=N–C) groups is 1. The first-order valence-corrected chi connectivity index (χ1v) is 10.4. The van der Waals surface area contributed by atoms with E-state index in [4.69, 9.17) is 4.99 Å². The lowest BCUT2D eigenvalue weighted by Crippen LogP contribution is -2.52. The zero-order chi connectivity index (χ0) is 19.9. The van der Waals surface area contributed by atoms with Crippen molar-refractivity contribution >= 4 is 5.96 Å². The van der Waals surface area contributed by atoms with Gasteiger partial charge in [-0.05, 0) is 38.3 Å². The van der Waals surface area contributed by atoms with E-state index in [2.05, 4.69) is 71.3 Å². The second-order valence-electron chi connectivity index (χ2n) is 7.51. The van der Waals surface area contributed by atoms with Gasteiger partial charge in [0, 0.05) is 58.6 Å². The average molecular weight is 383 g/mol. The molecule has 0 bridgehead atoms. The molecule has 0 amide bonds. The molecule has 152 valence electrons. The first kappa shape index (κ1) is 20.4. The Bertz CT molecular complexity index is 772. The molecule has 0 radical (unpaired) electrons. The minimum absolute atomic E-state index is 0.792. The van der Waals surface area contributed by atoms with Gasteiger partial charge in [-0.2, -0.15) is 5.10 Å². The highest BCUT2D eigenvalue weighted by atomic mass is 15.3. The average Bonchev–Trinajstić information content (AvgIpc) is 2.94. The Labute approximate surface area is 169 Å². The minimum Gasteiger partial charge on any atom is -0.357 e. The summed E-state index contributed by atoms with van der Waals surface area (Å²) < 4.78 is 1.96. The standard InChI is InChI=1S/C22H34N6/c1-5-23-22(24-12-11-21-18(2)25-26(4)19(21)3)28-15-13-27(14-16-28)17-20-9-7-6-8-10-20/h6-10H,5,11-17H2,1-4H3,(H,23,24). The van der Waals surface area contributed by atoms with Crippen LogP contribution in [0.5, 0.6) is 0 Å². The molecule has 2 heterocycles. The molecule has 0 atom stereocenters. The van der Waals surface area contributed by atoms with Crippen LogP contribution in [0.15, 0.2) is 35.3 Å². The van der Waals surface area contributed by atoms with E-state index in [1.54, 1.807) is 0 Å². The number of rotatable bonds is 6. The number of hydrogen-bond donors (Lipinski definition) is 1. The van der Waals surface area contributed by atoms with Crippen molar-refractivity contribution in [3.05, 3.63) is 52.8 Å². The van der Waals surface area contributed by atoms with Gasteiger partial charge in [0.05, 0.1) is 5.69 Å². The third-order valence-corrected chi connectivity index (χ3v) is 5.54. The van der Waals surface area contributed by atoms with Crippen LogP contribution in [-0.2, 0) is 20.0 Å². The number of aryl methyl sites for hydroxylation is 2. The smallest absolute Gasteiger partial charge is 0.194 e. The quantitative estimate of drug-likeness (QED) is 0.616. The number of hydrogen-bond acceptors (Lipinski definition) is 3. The molecule has 0 unspecified atom stereocenters. The Balaban J connectivity index is 1.54. The van der Waals surface area contributed by atoms with E-state index in [1.807, 2.05) is 11.7 Å². The zero-order valence-corrected chi connectivity index (χ0v) is 17.8. The summed E-state index contributed by atoms with van der Waals surface area (Å²) in [6.07, 6.45) is 0.939. The van der Waals surface area contributed by atoms with E-state index in [-0.39, 0.29) is 0 Å². The summed E-state index contributed by atoms with van der Waals surface area (Å²) in [6.45, 7) is 13.2. The van der Waals surface area contributed by atoms with Crippen LogP contribution >= 0.6 is 0 Å². The maximum atomic E-state index is 4.91. The highest BCUT2D eigenvalue weighted by molar-refractivity contribution is 5.80. The first-order valence-electron chi connectivity index (χ1n) is 10.4. The molecule has 0 saturated carbocycles. The van der Waals surface area contributed by atoms with Gasteiger partial charge in [0.1, 0.15) is 0 Å². The van der Waals surface area contributed by atoms with Crippen molar-refractivity contribution in [2.24, 2.45) is 12.0 Å². The van der Waals surface area contributed by atoms with Crippen LogP contribution in [0.3, 0.4) is 0 Å². The second-order valence-corrected chi connectivity index (χ2v) is 7.51. The van der Waals surface area contributed by atoms with Crippen molar-refractivity contribution in [3.8, 4) is 0 Å². The van der Waals surface area contributed by atoms with Gasteiger partial charge in [-0.25, -0.2) is 0 Å². The summed E-state index contributed by atoms with van der Waals surface area (Å²) in [5, 5.41) is 7.99. The molecule has 6 heteroatoms. The fraction of sp³-hybridized carbons (Fsp3) is 0.545. The van der Waals surface area contributed by atoms with Crippen LogP contribution in [0, 0.1) is 13.8 Å². The van der Waals surface area contributed by atoms with Crippen LogP contribution in [0.4, 0.5) is 0 Å². The van der Waals surface area contributed by atoms with Gasteiger partial charge in [0.25, 0.3) is 0 Å². The maximum absolute atomic E-state index is 4.91. The number of nitrogens with zero attached hydrogens (tertiary/aromatic N) is 5. The maximum Gasteiger partial charge on any atom is 0.194 e. The molecule has 1 saturated heterocycles. The van der Waals surface area contributed by atoms with Crippen LogP contribution < -0.4 is 5.32 Å². The lowest BCUT2D eigenvalue weighted by molar-refractivity contribution is 0.172. The topological polar surface area (TPSA) is 48.7 Å². The molecule has 1 aliphatic rings. The monoisotopic (exact) mass is 382 g/mol. The molecule has 1 aromatic carbocycles. The van der Waals surface area contributed by atoms with Crippen LogP contribution in [0.1, 0.15) is 29.4 Å². The third kappa shape index (κ3) is 5.13. The van der Waals surface area contributed by atoms with Gasteiger partial charge in [0.15, 0.2) is 5.96 Å². The fourth-order valence-corrected chi connectivity index (χ4v) is 3.84. The van der Waals surface area contributed by atoms with Gasteiger partial charge in [0.2, 0.25) is 0 Å². The predicted molar refractivity (Wildman–Crippen MR) is 116 cm³/mol. The van der Waals surface area contributed by atoms with Gasteiger partial charge in [-0.3, -0.25) is 14.6 Å². The zero-order valence-electron chi connectivity index (χ0n) is 17.8. The fourth-order valence-electron chi connectivity index (χ4n) is 3.84. The first-order chi connectivity index (χ1) is 13.6. The second kappa shape index (κ2) is 9.73. The molecule has 0 spiro atoms. The molecule has 1 fully saturated rings. The number of piperazine rings is 1. The van der Waals surface area contributed by atoms with Gasteiger partial charge in [-0.1, -0.05) is 30.3 Å². The number of aromatic nitrogens is 2. The Morgan fingerprint density at radius 1 is 1.11 bits per heavy atom. The van der Waals surface area contributed by atoms with E-state index in [0.29, 0.717) is 0 Å². The van der Waals surface area contributed by atoms with E-state index in [1.165, 1.54) is 16.8 Å². The summed E-state index contributed by atoms with van der Waals surface area (Å²) in [5.41, 5.74) is 5.08. The molecule has 1 aliphatic heterocycles. The van der Waals surface area contributed by atoms with E-state index < -0.39 is 0 Å². The molecular formula is C22H34N6. The van der Waals surface area contributed by atoms with Crippen molar-refractivity contribution in [2.75, 3.05) is 39.3 Å². The molecule has 3 rings (SSSR count). The molecule has 0 aliphatic carbocycles. The van der Waals surface area contributed by atoms with Crippen molar-refractivity contribution in [1.82, 2.24) is 24.9 Å². The normalized spacial score (nSPS) is 15.9. The molecule has 28 heavy (non-hydrogen) atoms. The summed E-state index contributed by atoms with van der Waals surface area (Å²) >= 11 is 0. The Morgan fingerprint density at radius 3 is 2.43 bits per heavy atom. The van der Waals surface area contributed by atoms with Crippen LogP contribution in [0.2, 0.25) is 0 Å². The molecule has 1 N–H and O–H groups in total. The van der Waals surface area contributed by atoms with E-state index in [0.717, 1.165) is 63.9 Å². The van der Waals surface area contributed by atoms with Crippen molar-refractivity contribution in [3.63, 3.8) is 0 Å². The molecule has 1 aromatic heterocycles. The minimum atomic E-state index is 0.792. The van der Waals surface area contributed by atoms with Crippen LogP contribution in [0.25, 0.3) is 0 Å². The predicted octanol–water partition coefficient (Wildman–Crippen LogP) is 2.36. The highest BCUT2D eigenvalue weighted by Crippen LogP contribution is 2.13. The third-order valence-electron chi connectivity index (χ3n) is 5.54. The van der Waals surface area contributed by atoms with E-state index in [9.17, 15) is 0 Å². The number of benzene rings is 1. The summed E-state index contributed by atoms with van der Waals surface area (Å²) in [4.78, 5) is 9.83. The molecule has 2 aromatic rings. The summed E-state index contributed by atoms with van der Waals surface area (Å²) in [7, 11) is 2.01. The Hall–Kier alpha value is -2.34. The van der Waals surface area contributed by atoms with Crippen LogP contribution in [-0.4, -0.2) is 64.8 Å². The lowest BCUT2D eigenvalue weighted by atomic mass is 10.1. The van der Waals surface area contributed by atoms with Gasteiger partial charge in [-0.15, -0.1) is 0 Å². The summed E-state index contributed by atoms with van der Waals surface area (Å²) in [5.74, 6) is 1.04. The lowest BCUT2D eigenvalue weighted by Gasteiger charge is -2.36. The Kier molecular flexibility index (Phi) is 7.09. The van der Waals surface area contributed by atoms with Crippen molar-refractivity contribution in [2.45, 2.75) is 33.7 Å².